The second-order valence-electron chi connectivity index (χ2n) is 6.57. The molecule has 3 rings (SSSR count). The molecule has 11 nitrogen and oxygen atoms in total. The Morgan fingerprint density at radius 3 is 2.61 bits per heavy atom. The summed E-state index contributed by atoms with van der Waals surface area (Å²) in [6.07, 6.45) is 1.63. The van der Waals surface area contributed by atoms with Crippen LogP contribution in [0.15, 0.2) is 29.2 Å². The molecule has 2 aromatic heterocycles. The van der Waals surface area contributed by atoms with Gasteiger partial charge in [-0.05, 0) is 24.1 Å². The Morgan fingerprint density at radius 2 is 1.96 bits per heavy atom. The van der Waals surface area contributed by atoms with Crippen LogP contribution >= 0.6 is 0 Å². The molecule has 2 amide bonds. The molecule has 3 aromatic rings. The highest BCUT2D eigenvalue weighted by atomic mass is 16.2. The number of carbonyl (C=O) groups excluding carboxylic acids is 2. The number of carbonyl (C=O) groups is 2. The third-order valence-electron chi connectivity index (χ3n) is 4.13. The van der Waals surface area contributed by atoms with E-state index in [1.54, 1.807) is 38.2 Å². The lowest BCUT2D eigenvalue weighted by molar-refractivity contribution is -0.119. The highest BCUT2D eigenvalue weighted by Crippen LogP contribution is 2.22. The number of anilines is 3. The predicted octanol–water partition coefficient (Wildman–Crippen LogP) is 0.411. The Balaban J connectivity index is 2.02. The van der Waals surface area contributed by atoms with Crippen molar-refractivity contribution >= 4 is 40.2 Å². The van der Waals surface area contributed by atoms with Crippen molar-refractivity contribution in [2.45, 2.75) is 19.9 Å². The van der Waals surface area contributed by atoms with Gasteiger partial charge in [0.05, 0.1) is 11.7 Å². The van der Waals surface area contributed by atoms with Crippen molar-refractivity contribution in [3.8, 4) is 0 Å². The van der Waals surface area contributed by atoms with Crippen molar-refractivity contribution < 1.29 is 9.59 Å². The van der Waals surface area contributed by atoms with E-state index in [1.165, 1.54) is 0 Å². The van der Waals surface area contributed by atoms with Crippen molar-refractivity contribution in [2.75, 3.05) is 10.6 Å². The molecule has 146 valence electrons. The molecule has 0 bridgehead atoms. The van der Waals surface area contributed by atoms with Gasteiger partial charge in [-0.25, -0.2) is 0 Å². The molecule has 1 atom stereocenters. The summed E-state index contributed by atoms with van der Waals surface area (Å²) in [5, 5.41) is 13.3. The molecule has 8 N–H and O–H groups in total. The molecule has 0 saturated heterocycles. The smallest absolute Gasteiger partial charge is 0.267 e. The molecular formula is C17H20N8O3. The summed E-state index contributed by atoms with van der Waals surface area (Å²) < 4.78 is 0. The van der Waals surface area contributed by atoms with Crippen LogP contribution in [0.1, 0.15) is 24.2 Å². The molecule has 0 aliphatic carbocycles. The zero-order chi connectivity index (χ0) is 20.4. The topological polar surface area (TPSA) is 185 Å². The average Bonchev–Trinajstić information content (AvgIpc) is 3.06. The normalized spacial score (nSPS) is 12.1. The first-order chi connectivity index (χ1) is 13.3. The second-order valence-corrected chi connectivity index (χ2v) is 6.57. The van der Waals surface area contributed by atoms with Gasteiger partial charge in [-0.15, -0.1) is 0 Å². The van der Waals surface area contributed by atoms with E-state index in [0.717, 1.165) is 10.9 Å². The maximum Gasteiger partial charge on any atom is 0.267 e. The first-order valence-electron chi connectivity index (χ1n) is 8.46. The van der Waals surface area contributed by atoms with E-state index in [1.807, 2.05) is 0 Å². The first kappa shape index (κ1) is 18.9. The number of fused-ring (bicyclic) bond motifs is 1. The van der Waals surface area contributed by atoms with E-state index in [0.29, 0.717) is 5.69 Å². The lowest BCUT2D eigenvalue weighted by Gasteiger charge is -2.20. The lowest BCUT2D eigenvalue weighted by atomic mass is 10.0. The number of aromatic amines is 2. The molecule has 0 unspecified atom stereocenters. The number of rotatable bonds is 7. The standard InChI is InChI=1S/C17H20N8O3/c1-7(2)12(14(19)27)22-17-23-15(11(13(18)26)16(28)24-17)21-9-3-4-10-8(5-9)6-20-25-10/h3-7,12H,1-2H3,(H2,18,26)(H2,19,27)(H,20,25)(H3,21,22,23,24,28)/t12-/m1/s1. The van der Waals surface area contributed by atoms with Crippen LogP contribution in [0, 0.1) is 5.92 Å². The fraction of sp³-hybridized carbons (Fsp3) is 0.235. The maximum atomic E-state index is 12.4. The Hall–Kier alpha value is -3.89. The maximum absolute atomic E-state index is 12.4. The summed E-state index contributed by atoms with van der Waals surface area (Å²) in [6.45, 7) is 3.58. The van der Waals surface area contributed by atoms with Crippen LogP contribution in [0.25, 0.3) is 10.9 Å². The zero-order valence-corrected chi connectivity index (χ0v) is 15.2. The van der Waals surface area contributed by atoms with Crippen LogP contribution in [-0.4, -0.2) is 38.0 Å². The van der Waals surface area contributed by atoms with Gasteiger partial charge in [-0.3, -0.25) is 24.5 Å². The van der Waals surface area contributed by atoms with Crippen LogP contribution in [0.5, 0.6) is 0 Å². The number of H-pyrrole nitrogens is 2. The van der Waals surface area contributed by atoms with Crippen LogP contribution < -0.4 is 27.7 Å². The molecule has 0 aliphatic heterocycles. The van der Waals surface area contributed by atoms with Gasteiger partial charge in [0.1, 0.15) is 11.6 Å². The van der Waals surface area contributed by atoms with Gasteiger partial charge >= 0.3 is 0 Å². The number of nitrogens with one attached hydrogen (secondary N) is 4. The predicted molar refractivity (Wildman–Crippen MR) is 104 cm³/mol. The summed E-state index contributed by atoms with van der Waals surface area (Å²) in [7, 11) is 0. The van der Waals surface area contributed by atoms with Crippen molar-refractivity contribution in [1.82, 2.24) is 20.2 Å². The van der Waals surface area contributed by atoms with E-state index in [9.17, 15) is 14.4 Å². The Morgan fingerprint density at radius 1 is 1.21 bits per heavy atom. The van der Waals surface area contributed by atoms with Crippen LogP contribution in [0.4, 0.5) is 17.5 Å². The van der Waals surface area contributed by atoms with E-state index in [4.69, 9.17) is 11.5 Å². The first-order valence-corrected chi connectivity index (χ1v) is 8.46. The van der Waals surface area contributed by atoms with Gasteiger partial charge in [0, 0.05) is 11.1 Å². The van der Waals surface area contributed by atoms with E-state index in [2.05, 4.69) is 30.8 Å². The van der Waals surface area contributed by atoms with Crippen molar-refractivity contribution in [1.29, 1.82) is 0 Å². The molecule has 0 radical (unpaired) electrons. The number of hydrogen-bond donors (Lipinski definition) is 6. The van der Waals surface area contributed by atoms with Crippen LogP contribution in [0.3, 0.4) is 0 Å². The third-order valence-corrected chi connectivity index (χ3v) is 4.13. The lowest BCUT2D eigenvalue weighted by Crippen LogP contribution is -2.40. The minimum Gasteiger partial charge on any atom is -0.368 e. The number of nitrogens with two attached hydrogens (primary N) is 2. The molecule has 0 saturated carbocycles. The Kier molecular flexibility index (Phi) is 4.98. The molecular weight excluding hydrogens is 364 g/mol. The number of aromatic nitrogens is 4. The number of primary amides is 2. The number of benzene rings is 1. The van der Waals surface area contributed by atoms with E-state index < -0.39 is 23.4 Å². The SMILES string of the molecule is CC(C)[C@@H](Nc1nc(Nc2ccc3[nH]ncc3c2)c(C(N)=O)c(=O)[nH]1)C(N)=O. The van der Waals surface area contributed by atoms with Gasteiger partial charge in [-0.2, -0.15) is 10.1 Å². The van der Waals surface area contributed by atoms with Gasteiger partial charge in [0.15, 0.2) is 5.82 Å². The van der Waals surface area contributed by atoms with E-state index in [-0.39, 0.29) is 23.2 Å². The monoisotopic (exact) mass is 384 g/mol. The molecule has 0 aliphatic rings. The molecule has 0 spiro atoms. The summed E-state index contributed by atoms with van der Waals surface area (Å²) in [6, 6.07) is 4.50. The van der Waals surface area contributed by atoms with Crippen molar-refractivity contribution in [2.24, 2.45) is 17.4 Å². The number of hydrogen-bond acceptors (Lipinski definition) is 7. The summed E-state index contributed by atoms with van der Waals surface area (Å²) >= 11 is 0. The van der Waals surface area contributed by atoms with Gasteiger partial charge in [0.2, 0.25) is 11.9 Å². The minimum atomic E-state index is -0.942. The average molecular weight is 384 g/mol. The molecule has 2 heterocycles. The van der Waals surface area contributed by atoms with Gasteiger partial charge < -0.3 is 22.1 Å². The zero-order valence-electron chi connectivity index (χ0n) is 15.2. The number of nitrogens with zero attached hydrogens (tertiary/aromatic N) is 2. The summed E-state index contributed by atoms with van der Waals surface area (Å²) in [4.78, 5) is 42.4. The van der Waals surface area contributed by atoms with Gasteiger partial charge in [0.25, 0.3) is 11.5 Å². The second kappa shape index (κ2) is 7.39. The minimum absolute atomic E-state index is 0.0145. The molecule has 0 fully saturated rings. The third kappa shape index (κ3) is 3.77. The van der Waals surface area contributed by atoms with Crippen molar-refractivity contribution in [3.05, 3.63) is 40.3 Å². The largest absolute Gasteiger partial charge is 0.368 e. The quantitative estimate of drug-likeness (QED) is 0.340. The van der Waals surface area contributed by atoms with Gasteiger partial charge in [-0.1, -0.05) is 13.8 Å². The highest BCUT2D eigenvalue weighted by molar-refractivity contribution is 5.98. The Labute approximate surface area is 158 Å². The molecule has 28 heavy (non-hydrogen) atoms. The highest BCUT2D eigenvalue weighted by Gasteiger charge is 2.22. The fourth-order valence-corrected chi connectivity index (χ4v) is 2.73. The van der Waals surface area contributed by atoms with Crippen LogP contribution in [-0.2, 0) is 4.79 Å². The molecule has 1 aromatic carbocycles. The van der Waals surface area contributed by atoms with E-state index >= 15 is 0 Å². The number of amides is 2. The van der Waals surface area contributed by atoms with Crippen LogP contribution in [0.2, 0.25) is 0 Å². The summed E-state index contributed by atoms with van der Waals surface area (Å²) in [5.41, 5.74) is 11.0. The molecule has 11 heteroatoms. The van der Waals surface area contributed by atoms with Crippen molar-refractivity contribution in [3.63, 3.8) is 0 Å². The Bertz CT molecular complexity index is 1100. The summed E-state index contributed by atoms with van der Waals surface area (Å²) in [5.74, 6) is -1.76. The fourth-order valence-electron chi connectivity index (χ4n) is 2.73.